The van der Waals surface area contributed by atoms with Crippen LogP contribution in [0, 0.1) is 34.6 Å². The summed E-state index contributed by atoms with van der Waals surface area (Å²) in [6.07, 6.45) is 0. The van der Waals surface area contributed by atoms with E-state index < -0.39 is 10.0 Å². The molecule has 6 nitrogen and oxygen atoms in total. The van der Waals surface area contributed by atoms with E-state index in [1.807, 2.05) is 32.9 Å². The molecule has 2 N–H and O–H groups in total. The molecule has 0 spiro atoms. The first-order valence-electron chi connectivity index (χ1n) is 11.2. The summed E-state index contributed by atoms with van der Waals surface area (Å²) in [5.74, 6) is 0.210. The van der Waals surface area contributed by atoms with Crippen molar-refractivity contribution in [2.75, 3.05) is 11.3 Å². The first-order chi connectivity index (χ1) is 16.0. The van der Waals surface area contributed by atoms with Crippen molar-refractivity contribution in [3.63, 3.8) is 0 Å². The molecule has 34 heavy (non-hydrogen) atoms. The van der Waals surface area contributed by atoms with Crippen molar-refractivity contribution in [1.29, 1.82) is 0 Å². The van der Waals surface area contributed by atoms with Gasteiger partial charge in [0.1, 0.15) is 5.75 Å². The maximum absolute atomic E-state index is 12.7. The van der Waals surface area contributed by atoms with Gasteiger partial charge >= 0.3 is 0 Å². The summed E-state index contributed by atoms with van der Waals surface area (Å²) in [6, 6.07) is 15.8. The second-order valence-corrected chi connectivity index (χ2v) is 10.5. The summed E-state index contributed by atoms with van der Waals surface area (Å²) >= 11 is 0. The van der Waals surface area contributed by atoms with Gasteiger partial charge in [-0.05, 0) is 99.7 Å². The fourth-order valence-corrected chi connectivity index (χ4v) is 4.88. The Balaban J connectivity index is 1.62. The molecule has 0 aliphatic carbocycles. The highest BCUT2D eigenvalue weighted by Gasteiger charge is 2.17. The third-order valence-electron chi connectivity index (χ3n) is 5.85. The second kappa shape index (κ2) is 10.3. The molecule has 0 aliphatic heterocycles. The smallest absolute Gasteiger partial charge is 0.261 e. The number of sulfonamides is 1. The largest absolute Gasteiger partial charge is 0.484 e. The zero-order chi connectivity index (χ0) is 25.0. The highest BCUT2D eigenvalue weighted by molar-refractivity contribution is 7.92. The van der Waals surface area contributed by atoms with Crippen molar-refractivity contribution in [3.05, 3.63) is 88.0 Å². The molecule has 180 valence electrons. The molecule has 0 aliphatic rings. The van der Waals surface area contributed by atoms with Crippen molar-refractivity contribution >= 4 is 21.6 Å². The Hall–Kier alpha value is -3.32. The SMILES string of the molecule is Cc1ccc(NS(=O)(=O)c2ccc(OCC(=O)NC(C)c3cc(C)c(C)cc3C)c(C)c2)cc1. The zero-order valence-corrected chi connectivity index (χ0v) is 21.3. The van der Waals surface area contributed by atoms with Gasteiger partial charge in [0.05, 0.1) is 10.9 Å². The lowest BCUT2D eigenvalue weighted by Crippen LogP contribution is -2.31. The molecule has 0 fully saturated rings. The number of hydrogen-bond donors (Lipinski definition) is 2. The fourth-order valence-electron chi connectivity index (χ4n) is 3.74. The van der Waals surface area contributed by atoms with Gasteiger partial charge in [-0.2, -0.15) is 0 Å². The second-order valence-electron chi connectivity index (χ2n) is 8.77. The van der Waals surface area contributed by atoms with Crippen LogP contribution < -0.4 is 14.8 Å². The topological polar surface area (TPSA) is 84.5 Å². The molecule has 1 atom stereocenters. The van der Waals surface area contributed by atoms with Crippen LogP contribution in [0.2, 0.25) is 0 Å². The lowest BCUT2D eigenvalue weighted by Gasteiger charge is -2.19. The first kappa shape index (κ1) is 25.3. The number of amides is 1. The van der Waals surface area contributed by atoms with Crippen LogP contribution in [0.15, 0.2) is 59.5 Å². The van der Waals surface area contributed by atoms with E-state index in [0.29, 0.717) is 17.0 Å². The molecule has 0 heterocycles. The van der Waals surface area contributed by atoms with Gasteiger partial charge < -0.3 is 10.1 Å². The molecule has 7 heteroatoms. The number of nitrogens with one attached hydrogen (secondary N) is 2. The van der Waals surface area contributed by atoms with E-state index in [4.69, 9.17) is 4.74 Å². The van der Waals surface area contributed by atoms with Crippen LogP contribution in [0.5, 0.6) is 5.75 Å². The number of hydrogen-bond acceptors (Lipinski definition) is 4. The lowest BCUT2D eigenvalue weighted by molar-refractivity contribution is -0.123. The zero-order valence-electron chi connectivity index (χ0n) is 20.5. The molecule has 0 saturated carbocycles. The van der Waals surface area contributed by atoms with Gasteiger partial charge in [0, 0.05) is 5.69 Å². The molecule has 3 aromatic rings. The van der Waals surface area contributed by atoms with Crippen LogP contribution in [0.4, 0.5) is 5.69 Å². The minimum Gasteiger partial charge on any atom is -0.484 e. The van der Waals surface area contributed by atoms with E-state index in [-0.39, 0.29) is 23.5 Å². The monoisotopic (exact) mass is 480 g/mol. The Morgan fingerprint density at radius 3 is 2.15 bits per heavy atom. The number of benzene rings is 3. The molecular formula is C27H32N2O4S. The van der Waals surface area contributed by atoms with Gasteiger partial charge in [-0.1, -0.05) is 29.8 Å². The van der Waals surface area contributed by atoms with Crippen molar-refractivity contribution < 1.29 is 17.9 Å². The molecule has 0 aromatic heterocycles. The minimum atomic E-state index is -3.74. The van der Waals surface area contributed by atoms with E-state index in [9.17, 15) is 13.2 Å². The Kier molecular flexibility index (Phi) is 7.67. The normalized spacial score (nSPS) is 12.2. The fraction of sp³-hybridized carbons (Fsp3) is 0.296. The van der Waals surface area contributed by atoms with E-state index >= 15 is 0 Å². The summed E-state index contributed by atoms with van der Waals surface area (Å²) in [6.45, 7) is 11.6. The Morgan fingerprint density at radius 2 is 1.50 bits per heavy atom. The molecule has 1 unspecified atom stereocenters. The first-order valence-corrected chi connectivity index (χ1v) is 12.6. The van der Waals surface area contributed by atoms with Crippen LogP contribution in [0.3, 0.4) is 0 Å². The number of rotatable bonds is 8. The Bertz CT molecular complexity index is 1300. The van der Waals surface area contributed by atoms with Gasteiger partial charge in [-0.25, -0.2) is 8.42 Å². The number of anilines is 1. The van der Waals surface area contributed by atoms with Gasteiger partial charge in [0.25, 0.3) is 15.9 Å². The lowest BCUT2D eigenvalue weighted by atomic mass is 9.96. The van der Waals surface area contributed by atoms with Crippen LogP contribution in [-0.4, -0.2) is 20.9 Å². The summed E-state index contributed by atoms with van der Waals surface area (Å²) < 4.78 is 33.7. The summed E-state index contributed by atoms with van der Waals surface area (Å²) in [7, 11) is -3.74. The molecule has 1 amide bonds. The molecule has 0 saturated heterocycles. The molecule has 0 bridgehead atoms. The quantitative estimate of drug-likeness (QED) is 0.459. The van der Waals surface area contributed by atoms with E-state index in [1.165, 1.54) is 23.3 Å². The highest BCUT2D eigenvalue weighted by atomic mass is 32.2. The van der Waals surface area contributed by atoms with Gasteiger partial charge in [-0.15, -0.1) is 0 Å². The summed E-state index contributed by atoms with van der Waals surface area (Å²) in [5.41, 5.74) is 6.76. The number of ether oxygens (including phenoxy) is 1. The average molecular weight is 481 g/mol. The van der Waals surface area contributed by atoms with Gasteiger partial charge in [0.15, 0.2) is 6.61 Å². The van der Waals surface area contributed by atoms with Gasteiger partial charge in [-0.3, -0.25) is 9.52 Å². The van der Waals surface area contributed by atoms with E-state index in [1.54, 1.807) is 25.1 Å². The predicted molar refractivity (Wildman–Crippen MR) is 136 cm³/mol. The average Bonchev–Trinajstić information content (AvgIpc) is 2.76. The van der Waals surface area contributed by atoms with E-state index in [2.05, 4.69) is 36.0 Å². The number of aryl methyl sites for hydroxylation is 5. The number of carbonyl (C=O) groups is 1. The maximum atomic E-state index is 12.7. The minimum absolute atomic E-state index is 0.126. The predicted octanol–water partition coefficient (Wildman–Crippen LogP) is 5.29. The summed E-state index contributed by atoms with van der Waals surface area (Å²) in [5, 5.41) is 2.97. The molecular weight excluding hydrogens is 448 g/mol. The maximum Gasteiger partial charge on any atom is 0.261 e. The van der Waals surface area contributed by atoms with Crippen molar-refractivity contribution in [2.24, 2.45) is 0 Å². The molecule has 3 aromatic carbocycles. The van der Waals surface area contributed by atoms with Crippen molar-refractivity contribution in [1.82, 2.24) is 5.32 Å². The van der Waals surface area contributed by atoms with Crippen LogP contribution in [0.1, 0.15) is 46.3 Å². The Labute approximate surface area is 202 Å². The molecule has 3 rings (SSSR count). The van der Waals surface area contributed by atoms with E-state index in [0.717, 1.165) is 16.7 Å². The molecule has 0 radical (unpaired) electrons. The standard InChI is InChI=1S/C27H32N2O4S/c1-17-7-9-23(10-8-17)29-34(31,32)24-11-12-26(21(5)14-24)33-16-27(30)28-22(6)25-15-19(3)18(2)13-20(25)4/h7-15,22,29H,16H2,1-6H3,(H,28,30). The van der Waals surface area contributed by atoms with Gasteiger partial charge in [0.2, 0.25) is 0 Å². The third-order valence-corrected chi connectivity index (χ3v) is 7.22. The van der Waals surface area contributed by atoms with Crippen molar-refractivity contribution in [3.8, 4) is 5.75 Å². The van der Waals surface area contributed by atoms with Crippen LogP contribution >= 0.6 is 0 Å². The number of carbonyl (C=O) groups excluding carboxylic acids is 1. The van der Waals surface area contributed by atoms with Crippen LogP contribution in [-0.2, 0) is 14.8 Å². The summed E-state index contributed by atoms with van der Waals surface area (Å²) in [4.78, 5) is 12.6. The Morgan fingerprint density at radius 1 is 0.853 bits per heavy atom. The third kappa shape index (κ3) is 6.17. The highest BCUT2D eigenvalue weighted by Crippen LogP contribution is 2.24. The van der Waals surface area contributed by atoms with Crippen LogP contribution in [0.25, 0.3) is 0 Å². The van der Waals surface area contributed by atoms with Crippen molar-refractivity contribution in [2.45, 2.75) is 52.5 Å².